The highest BCUT2D eigenvalue weighted by atomic mass is 32.1. The molecule has 25 heavy (non-hydrogen) atoms. The van der Waals surface area contributed by atoms with Gasteiger partial charge in [-0.15, -0.1) is 11.3 Å². The van der Waals surface area contributed by atoms with E-state index in [1.165, 1.54) is 0 Å². The summed E-state index contributed by atoms with van der Waals surface area (Å²) in [6, 6.07) is 5.76. The number of methoxy groups -OCH3 is 2. The van der Waals surface area contributed by atoms with E-state index in [2.05, 4.69) is 10.3 Å². The number of carbonyl (C=O) groups excluding carboxylic acids is 1. The summed E-state index contributed by atoms with van der Waals surface area (Å²) in [5.74, 6) is 1.67. The van der Waals surface area contributed by atoms with Crippen molar-refractivity contribution in [1.29, 1.82) is 0 Å². The zero-order valence-corrected chi connectivity index (χ0v) is 15.6. The molecule has 3 rings (SSSR count). The van der Waals surface area contributed by atoms with Gasteiger partial charge >= 0.3 is 0 Å². The number of piperazine rings is 1. The molecule has 2 heterocycles. The van der Waals surface area contributed by atoms with Crippen LogP contribution >= 0.6 is 11.3 Å². The van der Waals surface area contributed by atoms with Gasteiger partial charge in [0.1, 0.15) is 16.5 Å². The lowest BCUT2D eigenvalue weighted by molar-refractivity contribution is -0.130. The minimum Gasteiger partial charge on any atom is -0.497 e. The fourth-order valence-corrected chi connectivity index (χ4v) is 3.77. The predicted molar refractivity (Wildman–Crippen MR) is 98.2 cm³/mol. The summed E-state index contributed by atoms with van der Waals surface area (Å²) >= 11 is 1.65. The first-order chi connectivity index (χ1) is 12.1. The first-order valence-electron chi connectivity index (χ1n) is 8.25. The van der Waals surface area contributed by atoms with Gasteiger partial charge in [0.25, 0.3) is 0 Å². The van der Waals surface area contributed by atoms with E-state index in [1.807, 2.05) is 23.1 Å². The second-order valence-corrected chi connectivity index (χ2v) is 6.92. The Morgan fingerprint density at radius 1 is 1.20 bits per heavy atom. The SMILES string of the molecule is COc1ccc(-c2csc(CN3CCN(C(C)=O)CC3)n2)c(OC)c1. The number of ether oxygens (including phenoxy) is 2. The van der Waals surface area contributed by atoms with Crippen molar-refractivity contribution in [2.75, 3.05) is 40.4 Å². The van der Waals surface area contributed by atoms with Crippen LogP contribution in [0.3, 0.4) is 0 Å². The molecule has 1 aromatic heterocycles. The maximum Gasteiger partial charge on any atom is 0.219 e. The summed E-state index contributed by atoms with van der Waals surface area (Å²) in [6.45, 7) is 5.81. The van der Waals surface area contributed by atoms with Crippen molar-refractivity contribution in [1.82, 2.24) is 14.8 Å². The summed E-state index contributed by atoms with van der Waals surface area (Å²) in [5, 5.41) is 3.13. The van der Waals surface area contributed by atoms with Crippen molar-refractivity contribution in [2.45, 2.75) is 13.5 Å². The Bertz CT molecular complexity index is 739. The molecular weight excluding hydrogens is 338 g/mol. The van der Waals surface area contributed by atoms with Crippen molar-refractivity contribution >= 4 is 17.2 Å². The number of nitrogens with zero attached hydrogens (tertiary/aromatic N) is 3. The molecule has 1 aliphatic rings. The number of benzene rings is 1. The zero-order chi connectivity index (χ0) is 17.8. The van der Waals surface area contributed by atoms with Crippen LogP contribution < -0.4 is 9.47 Å². The van der Waals surface area contributed by atoms with Crippen LogP contribution in [0, 0.1) is 0 Å². The van der Waals surface area contributed by atoms with Gasteiger partial charge in [-0.1, -0.05) is 0 Å². The van der Waals surface area contributed by atoms with Crippen LogP contribution in [0.2, 0.25) is 0 Å². The lowest BCUT2D eigenvalue weighted by Crippen LogP contribution is -2.47. The molecule has 1 fully saturated rings. The molecule has 0 radical (unpaired) electrons. The average molecular weight is 361 g/mol. The molecule has 1 aliphatic heterocycles. The Morgan fingerprint density at radius 3 is 2.60 bits per heavy atom. The first-order valence-corrected chi connectivity index (χ1v) is 9.13. The van der Waals surface area contributed by atoms with Crippen LogP contribution in [0.15, 0.2) is 23.6 Å². The number of hydrogen-bond donors (Lipinski definition) is 0. The Balaban J connectivity index is 1.68. The molecule has 1 amide bonds. The fourth-order valence-electron chi connectivity index (χ4n) is 2.93. The lowest BCUT2D eigenvalue weighted by atomic mass is 10.1. The number of amides is 1. The van der Waals surface area contributed by atoms with Crippen LogP contribution in [-0.4, -0.2) is 61.1 Å². The smallest absolute Gasteiger partial charge is 0.219 e. The molecule has 0 spiro atoms. The Labute approximate surface area is 152 Å². The molecule has 0 saturated carbocycles. The van der Waals surface area contributed by atoms with Crippen molar-refractivity contribution in [3.63, 3.8) is 0 Å². The maximum absolute atomic E-state index is 11.4. The first kappa shape index (κ1) is 17.7. The van der Waals surface area contributed by atoms with E-state index in [0.717, 1.165) is 60.5 Å². The van der Waals surface area contributed by atoms with Crippen LogP contribution in [0.5, 0.6) is 11.5 Å². The van der Waals surface area contributed by atoms with E-state index in [1.54, 1.807) is 32.5 Å². The quantitative estimate of drug-likeness (QED) is 0.819. The van der Waals surface area contributed by atoms with Gasteiger partial charge in [0, 0.05) is 50.1 Å². The molecular formula is C18H23N3O3S. The third kappa shape index (κ3) is 4.11. The monoisotopic (exact) mass is 361 g/mol. The average Bonchev–Trinajstić information content (AvgIpc) is 3.09. The molecule has 6 nitrogen and oxygen atoms in total. The van der Waals surface area contributed by atoms with Crippen LogP contribution in [0.1, 0.15) is 11.9 Å². The Hall–Kier alpha value is -2.12. The second-order valence-electron chi connectivity index (χ2n) is 5.97. The normalized spacial score (nSPS) is 15.2. The van der Waals surface area contributed by atoms with Crippen molar-refractivity contribution in [2.24, 2.45) is 0 Å². The molecule has 0 N–H and O–H groups in total. The Morgan fingerprint density at radius 2 is 1.96 bits per heavy atom. The topological polar surface area (TPSA) is 54.9 Å². The van der Waals surface area contributed by atoms with E-state index >= 15 is 0 Å². The van der Waals surface area contributed by atoms with Gasteiger partial charge in [-0.25, -0.2) is 4.98 Å². The highest BCUT2D eigenvalue weighted by Crippen LogP contribution is 2.34. The van der Waals surface area contributed by atoms with Gasteiger partial charge < -0.3 is 14.4 Å². The summed E-state index contributed by atoms with van der Waals surface area (Å²) in [5.41, 5.74) is 1.88. The lowest BCUT2D eigenvalue weighted by Gasteiger charge is -2.33. The molecule has 1 saturated heterocycles. The molecule has 2 aromatic rings. The third-order valence-corrected chi connectivity index (χ3v) is 5.25. The molecule has 0 aliphatic carbocycles. The summed E-state index contributed by atoms with van der Waals surface area (Å²) in [4.78, 5) is 20.4. The van der Waals surface area contributed by atoms with E-state index in [4.69, 9.17) is 14.5 Å². The van der Waals surface area contributed by atoms with E-state index in [-0.39, 0.29) is 5.91 Å². The Kier molecular flexibility index (Phi) is 5.55. The largest absolute Gasteiger partial charge is 0.497 e. The standard InChI is InChI=1S/C18H23N3O3S/c1-13(22)21-8-6-20(7-9-21)11-18-19-16(12-25-18)15-5-4-14(23-2)10-17(15)24-3/h4-5,10,12H,6-9,11H2,1-3H3. The van der Waals surface area contributed by atoms with Crippen molar-refractivity contribution in [3.8, 4) is 22.8 Å². The maximum atomic E-state index is 11.4. The van der Waals surface area contributed by atoms with Crippen molar-refractivity contribution < 1.29 is 14.3 Å². The number of carbonyl (C=O) groups is 1. The van der Waals surface area contributed by atoms with Gasteiger partial charge in [-0.05, 0) is 12.1 Å². The van der Waals surface area contributed by atoms with Gasteiger partial charge in [0.05, 0.1) is 26.5 Å². The summed E-state index contributed by atoms with van der Waals surface area (Å²) in [6.07, 6.45) is 0. The van der Waals surface area contributed by atoms with E-state index < -0.39 is 0 Å². The molecule has 1 aromatic carbocycles. The minimum absolute atomic E-state index is 0.155. The molecule has 7 heteroatoms. The number of thiazole rings is 1. The van der Waals surface area contributed by atoms with Crippen LogP contribution in [0.25, 0.3) is 11.3 Å². The highest BCUT2D eigenvalue weighted by Gasteiger charge is 2.20. The fraction of sp³-hybridized carbons (Fsp3) is 0.444. The van der Waals surface area contributed by atoms with E-state index in [0.29, 0.717) is 0 Å². The summed E-state index contributed by atoms with van der Waals surface area (Å²) < 4.78 is 10.7. The number of rotatable bonds is 5. The molecule has 0 atom stereocenters. The minimum atomic E-state index is 0.155. The number of aromatic nitrogens is 1. The van der Waals surface area contributed by atoms with Crippen molar-refractivity contribution in [3.05, 3.63) is 28.6 Å². The molecule has 0 unspecified atom stereocenters. The van der Waals surface area contributed by atoms with Crippen LogP contribution in [-0.2, 0) is 11.3 Å². The van der Waals surface area contributed by atoms with Gasteiger partial charge in [-0.3, -0.25) is 9.69 Å². The second kappa shape index (κ2) is 7.84. The summed E-state index contributed by atoms with van der Waals surface area (Å²) in [7, 11) is 3.29. The van der Waals surface area contributed by atoms with Gasteiger partial charge in [0.2, 0.25) is 5.91 Å². The predicted octanol–water partition coefficient (Wildman–Crippen LogP) is 2.49. The highest BCUT2D eigenvalue weighted by molar-refractivity contribution is 7.09. The molecule has 134 valence electrons. The van der Waals surface area contributed by atoms with E-state index in [9.17, 15) is 4.79 Å². The zero-order valence-electron chi connectivity index (χ0n) is 14.8. The van der Waals surface area contributed by atoms with Gasteiger partial charge in [0.15, 0.2) is 0 Å². The molecule has 0 bridgehead atoms. The van der Waals surface area contributed by atoms with Crippen LogP contribution in [0.4, 0.5) is 0 Å². The van der Waals surface area contributed by atoms with Gasteiger partial charge in [-0.2, -0.15) is 0 Å². The third-order valence-electron chi connectivity index (χ3n) is 4.41. The number of hydrogen-bond acceptors (Lipinski definition) is 6.